The van der Waals surface area contributed by atoms with Gasteiger partial charge in [0.2, 0.25) is 10.0 Å². The Balaban J connectivity index is 1.88. The smallest absolute Gasteiger partial charge is 0.229 e. The first-order chi connectivity index (χ1) is 11.7. The maximum absolute atomic E-state index is 11.3. The van der Waals surface area contributed by atoms with Gasteiger partial charge in [-0.1, -0.05) is 18.2 Å². The average Bonchev–Trinajstić information content (AvgIpc) is 2.54. The van der Waals surface area contributed by atoms with Crippen LogP contribution in [0, 0.1) is 0 Å². The van der Waals surface area contributed by atoms with E-state index in [2.05, 4.69) is 10.0 Å². The van der Waals surface area contributed by atoms with Crippen LogP contribution in [0.25, 0.3) is 0 Å². The number of phenols is 1. The third kappa shape index (κ3) is 6.26. The van der Waals surface area contributed by atoms with E-state index in [1.807, 2.05) is 24.3 Å². The lowest BCUT2D eigenvalue weighted by Gasteiger charge is -2.15. The minimum absolute atomic E-state index is 0.0425. The summed E-state index contributed by atoms with van der Waals surface area (Å²) >= 11 is 0. The maximum atomic E-state index is 11.3. The van der Waals surface area contributed by atoms with E-state index in [4.69, 9.17) is 5.73 Å². The largest absolute Gasteiger partial charge is 0.506 e. The van der Waals surface area contributed by atoms with Gasteiger partial charge < -0.3 is 21.3 Å². The van der Waals surface area contributed by atoms with Gasteiger partial charge in [0.15, 0.2) is 0 Å². The summed E-state index contributed by atoms with van der Waals surface area (Å²) in [6, 6.07) is 11.9. The van der Waals surface area contributed by atoms with E-state index in [1.54, 1.807) is 6.07 Å². The highest BCUT2D eigenvalue weighted by Crippen LogP contribution is 2.27. The first-order valence-electron chi connectivity index (χ1n) is 7.78. The molecule has 0 spiro atoms. The number of phenolic OH excluding ortho intramolecular Hbond substituents is 1. The zero-order valence-electron chi connectivity index (χ0n) is 13.9. The summed E-state index contributed by atoms with van der Waals surface area (Å²) in [6.45, 7) is 0.978. The third-order valence-electron chi connectivity index (χ3n) is 3.61. The Labute approximate surface area is 147 Å². The van der Waals surface area contributed by atoms with E-state index in [1.165, 1.54) is 12.1 Å². The number of nitrogens with two attached hydrogens (primary N) is 1. The molecule has 0 fully saturated rings. The Morgan fingerprint density at radius 1 is 1.16 bits per heavy atom. The van der Waals surface area contributed by atoms with Crippen LogP contribution < -0.4 is 15.8 Å². The molecule has 2 aromatic carbocycles. The third-order valence-corrected chi connectivity index (χ3v) is 4.20. The number of aliphatic hydroxyl groups is 1. The summed E-state index contributed by atoms with van der Waals surface area (Å²) in [7, 11) is -3.51. The van der Waals surface area contributed by atoms with Gasteiger partial charge in [0, 0.05) is 12.2 Å². The molecule has 7 nitrogen and oxygen atoms in total. The number of hydrogen-bond donors (Lipinski definition) is 5. The molecule has 0 aliphatic carbocycles. The van der Waals surface area contributed by atoms with Crippen molar-refractivity contribution in [3.63, 3.8) is 0 Å². The van der Waals surface area contributed by atoms with Gasteiger partial charge >= 0.3 is 0 Å². The van der Waals surface area contributed by atoms with E-state index >= 15 is 0 Å². The van der Waals surface area contributed by atoms with Crippen molar-refractivity contribution in [1.82, 2.24) is 5.32 Å². The van der Waals surface area contributed by atoms with Crippen molar-refractivity contribution >= 4 is 21.4 Å². The molecule has 1 unspecified atom stereocenters. The first-order valence-corrected chi connectivity index (χ1v) is 9.67. The zero-order valence-corrected chi connectivity index (χ0v) is 14.8. The second kappa shape index (κ2) is 8.19. The highest BCUT2D eigenvalue weighted by molar-refractivity contribution is 7.92. The number of rotatable bonds is 8. The Morgan fingerprint density at radius 3 is 2.48 bits per heavy atom. The summed E-state index contributed by atoms with van der Waals surface area (Å²) in [5, 5.41) is 23.1. The molecule has 0 aromatic heterocycles. The van der Waals surface area contributed by atoms with Crippen molar-refractivity contribution in [3.05, 3.63) is 53.6 Å². The molecule has 2 rings (SSSR count). The van der Waals surface area contributed by atoms with Crippen molar-refractivity contribution in [1.29, 1.82) is 0 Å². The van der Waals surface area contributed by atoms with Crippen molar-refractivity contribution in [2.75, 3.05) is 29.8 Å². The summed E-state index contributed by atoms with van der Waals surface area (Å²) in [6.07, 6.45) is 0.963. The molecule has 0 aliphatic heterocycles. The Hall–Kier alpha value is -2.29. The Bertz CT molecular complexity index is 807. The summed E-state index contributed by atoms with van der Waals surface area (Å²) in [4.78, 5) is 0. The molecule has 1 atom stereocenters. The molecule has 0 saturated carbocycles. The van der Waals surface area contributed by atoms with Gasteiger partial charge in [0.05, 0.1) is 18.0 Å². The maximum Gasteiger partial charge on any atom is 0.229 e. The number of hydrogen-bond acceptors (Lipinski definition) is 6. The zero-order chi connectivity index (χ0) is 18.4. The lowest BCUT2D eigenvalue weighted by Crippen LogP contribution is -2.23. The minimum atomic E-state index is -3.51. The van der Waals surface area contributed by atoms with Crippen molar-refractivity contribution in [3.8, 4) is 5.75 Å². The van der Waals surface area contributed by atoms with Crippen molar-refractivity contribution in [2.45, 2.75) is 12.5 Å². The molecule has 0 saturated heterocycles. The number of aromatic hydroxyl groups is 1. The van der Waals surface area contributed by atoms with E-state index in [0.717, 1.165) is 23.9 Å². The SMILES string of the molecule is CS(=O)(=O)Nc1cc(C(O)CNCCc2ccc(N)cc2)ccc1O. The van der Waals surface area contributed by atoms with Crippen LogP contribution in [0.5, 0.6) is 5.75 Å². The van der Waals surface area contributed by atoms with Gasteiger partial charge in [-0.25, -0.2) is 8.42 Å². The number of aliphatic hydroxyl groups excluding tert-OH is 1. The quantitative estimate of drug-likeness (QED) is 0.272. The molecule has 136 valence electrons. The van der Waals surface area contributed by atoms with Crippen molar-refractivity contribution < 1.29 is 18.6 Å². The fraction of sp³-hybridized carbons (Fsp3) is 0.294. The standard InChI is InChI=1S/C17H23N3O4S/c1-25(23,24)20-15-10-13(4-7-16(15)21)17(22)11-19-9-8-12-2-5-14(18)6-3-12/h2-7,10,17,19-22H,8-9,11,18H2,1H3. The van der Waals surface area contributed by atoms with Gasteiger partial charge in [-0.05, 0) is 48.4 Å². The monoisotopic (exact) mass is 365 g/mol. The molecule has 6 N–H and O–H groups in total. The fourth-order valence-electron chi connectivity index (χ4n) is 2.32. The van der Waals surface area contributed by atoms with E-state index in [-0.39, 0.29) is 11.4 Å². The minimum Gasteiger partial charge on any atom is -0.506 e. The number of anilines is 2. The van der Waals surface area contributed by atoms with Gasteiger partial charge in [0.1, 0.15) is 5.75 Å². The normalized spacial score (nSPS) is 12.7. The summed E-state index contributed by atoms with van der Waals surface area (Å²) in [5.74, 6) is -0.197. The van der Waals surface area contributed by atoms with Crippen LogP contribution >= 0.6 is 0 Å². The average molecular weight is 365 g/mol. The number of benzene rings is 2. The molecule has 0 radical (unpaired) electrons. The molecule has 0 amide bonds. The van der Waals surface area contributed by atoms with E-state index in [0.29, 0.717) is 18.7 Å². The van der Waals surface area contributed by atoms with Gasteiger partial charge in [-0.3, -0.25) is 4.72 Å². The molecule has 25 heavy (non-hydrogen) atoms. The molecule has 0 aliphatic rings. The van der Waals surface area contributed by atoms with Gasteiger partial charge in [-0.2, -0.15) is 0 Å². The van der Waals surface area contributed by atoms with Crippen LogP contribution in [-0.4, -0.2) is 38.0 Å². The van der Waals surface area contributed by atoms with Gasteiger partial charge in [-0.15, -0.1) is 0 Å². The number of sulfonamides is 1. The Morgan fingerprint density at radius 2 is 1.84 bits per heavy atom. The van der Waals surface area contributed by atoms with Crippen LogP contribution in [0.4, 0.5) is 11.4 Å². The summed E-state index contributed by atoms with van der Waals surface area (Å²) in [5.41, 5.74) is 8.04. The molecule has 8 heteroatoms. The van der Waals surface area contributed by atoms with Crippen LogP contribution in [0.1, 0.15) is 17.2 Å². The number of nitrogen functional groups attached to an aromatic ring is 1. The highest BCUT2D eigenvalue weighted by Gasteiger charge is 2.12. The second-order valence-electron chi connectivity index (χ2n) is 5.86. The molecular formula is C17H23N3O4S. The Kier molecular flexibility index (Phi) is 6.24. The van der Waals surface area contributed by atoms with E-state index < -0.39 is 16.1 Å². The van der Waals surface area contributed by atoms with Crippen LogP contribution in [-0.2, 0) is 16.4 Å². The lowest BCUT2D eigenvalue weighted by atomic mass is 10.1. The predicted octanol–water partition coefficient (Wildman–Crippen LogP) is 1.21. The van der Waals surface area contributed by atoms with E-state index in [9.17, 15) is 18.6 Å². The van der Waals surface area contributed by atoms with Crippen LogP contribution in [0.3, 0.4) is 0 Å². The lowest BCUT2D eigenvalue weighted by molar-refractivity contribution is 0.175. The van der Waals surface area contributed by atoms with Crippen LogP contribution in [0.2, 0.25) is 0 Å². The molecular weight excluding hydrogens is 342 g/mol. The second-order valence-corrected chi connectivity index (χ2v) is 7.61. The predicted molar refractivity (Wildman–Crippen MR) is 99.0 cm³/mol. The molecule has 0 bridgehead atoms. The van der Waals surface area contributed by atoms with Crippen molar-refractivity contribution in [2.24, 2.45) is 0 Å². The topological polar surface area (TPSA) is 125 Å². The first kappa shape index (κ1) is 19.0. The van der Waals surface area contributed by atoms with Gasteiger partial charge in [0.25, 0.3) is 0 Å². The van der Waals surface area contributed by atoms with Crippen LogP contribution in [0.15, 0.2) is 42.5 Å². The summed E-state index contributed by atoms with van der Waals surface area (Å²) < 4.78 is 24.8. The fourth-order valence-corrected chi connectivity index (χ4v) is 2.88. The molecule has 2 aromatic rings. The highest BCUT2D eigenvalue weighted by atomic mass is 32.2. The molecule has 0 heterocycles. The number of nitrogens with one attached hydrogen (secondary N) is 2.